The maximum Gasteiger partial charge on any atom is 0.258 e. The minimum absolute atomic E-state index is 0.160. The largest absolute Gasteiger partial charge is 0.436 e. The van der Waals surface area contributed by atoms with Crippen LogP contribution in [0.4, 0.5) is 5.69 Å². The molecule has 4 aromatic carbocycles. The first-order chi connectivity index (χ1) is 16.4. The molecule has 0 saturated heterocycles. The zero-order valence-electron chi connectivity index (χ0n) is 17.2. The third-order valence-corrected chi connectivity index (χ3v) is 6.68. The SMILES string of the molecule is O=C(NC(=S)Nc1ccc2oc(-c3cc(I)ccc3Cl)nc2c1)c1cccc2c(Cl)cccc12. The highest BCUT2D eigenvalue weighted by Gasteiger charge is 2.15. The Labute approximate surface area is 223 Å². The van der Waals surface area contributed by atoms with Gasteiger partial charge in [0.25, 0.3) is 5.91 Å². The molecule has 0 aliphatic carbocycles. The molecule has 0 saturated carbocycles. The van der Waals surface area contributed by atoms with Gasteiger partial charge in [-0.1, -0.05) is 47.5 Å². The van der Waals surface area contributed by atoms with E-state index in [4.69, 9.17) is 39.8 Å². The van der Waals surface area contributed by atoms with Crippen LogP contribution in [0.3, 0.4) is 0 Å². The van der Waals surface area contributed by atoms with Crippen molar-refractivity contribution >= 4 is 96.6 Å². The molecule has 168 valence electrons. The van der Waals surface area contributed by atoms with Crippen molar-refractivity contribution in [2.45, 2.75) is 0 Å². The van der Waals surface area contributed by atoms with Crippen LogP contribution in [0.2, 0.25) is 10.0 Å². The summed E-state index contributed by atoms with van der Waals surface area (Å²) in [6.07, 6.45) is 0. The zero-order chi connectivity index (χ0) is 23.8. The molecular formula is C25H14Cl2IN3O2S. The average molecular weight is 618 g/mol. The van der Waals surface area contributed by atoms with Gasteiger partial charge >= 0.3 is 0 Å². The van der Waals surface area contributed by atoms with E-state index < -0.39 is 0 Å². The summed E-state index contributed by atoms with van der Waals surface area (Å²) >= 11 is 20.2. The van der Waals surface area contributed by atoms with E-state index in [9.17, 15) is 4.79 Å². The van der Waals surface area contributed by atoms with E-state index in [1.54, 1.807) is 36.4 Å². The number of halogens is 3. The Morgan fingerprint density at radius 1 is 0.941 bits per heavy atom. The number of hydrogen-bond acceptors (Lipinski definition) is 4. The summed E-state index contributed by atoms with van der Waals surface area (Å²) in [5.41, 5.74) is 3.10. The van der Waals surface area contributed by atoms with Gasteiger partial charge in [0.15, 0.2) is 10.7 Å². The Balaban J connectivity index is 1.35. The molecule has 1 aromatic heterocycles. The first-order valence-corrected chi connectivity index (χ1v) is 12.3. The number of nitrogens with zero attached hydrogens (tertiary/aromatic N) is 1. The molecule has 34 heavy (non-hydrogen) atoms. The number of aromatic nitrogens is 1. The Morgan fingerprint density at radius 3 is 2.59 bits per heavy atom. The lowest BCUT2D eigenvalue weighted by Gasteiger charge is -2.11. The first-order valence-electron chi connectivity index (χ1n) is 10.0. The van der Waals surface area contributed by atoms with Gasteiger partial charge in [0, 0.05) is 25.2 Å². The molecule has 5 aromatic rings. The van der Waals surface area contributed by atoms with E-state index >= 15 is 0 Å². The maximum atomic E-state index is 12.9. The molecule has 0 fully saturated rings. The molecule has 0 aliphatic heterocycles. The molecule has 0 bridgehead atoms. The Kier molecular flexibility index (Phi) is 6.44. The standard InChI is InChI=1S/C25H14Cl2IN3O2S/c26-19-6-2-3-15-16(19)4-1-5-17(15)23(32)31-25(34)29-14-8-10-22-21(12-14)30-24(33-22)18-11-13(28)7-9-20(18)27/h1-12H,(H2,29,31,32,34). The molecule has 1 amide bonds. The Bertz CT molecular complexity index is 1600. The number of hydrogen-bond donors (Lipinski definition) is 2. The number of carbonyl (C=O) groups excluding carboxylic acids is 1. The molecule has 5 rings (SSSR count). The predicted molar refractivity (Wildman–Crippen MR) is 150 cm³/mol. The molecule has 0 radical (unpaired) electrons. The van der Waals surface area contributed by atoms with E-state index in [-0.39, 0.29) is 11.0 Å². The number of nitrogens with one attached hydrogen (secondary N) is 2. The highest BCUT2D eigenvalue weighted by atomic mass is 127. The minimum Gasteiger partial charge on any atom is -0.436 e. The van der Waals surface area contributed by atoms with E-state index in [1.165, 1.54) is 0 Å². The van der Waals surface area contributed by atoms with E-state index in [2.05, 4.69) is 38.2 Å². The molecule has 1 heterocycles. The molecule has 0 atom stereocenters. The summed E-state index contributed by atoms with van der Waals surface area (Å²) in [7, 11) is 0. The quantitative estimate of drug-likeness (QED) is 0.160. The zero-order valence-corrected chi connectivity index (χ0v) is 21.7. The van der Waals surface area contributed by atoms with E-state index in [0.717, 1.165) is 19.9 Å². The molecule has 2 N–H and O–H groups in total. The van der Waals surface area contributed by atoms with Gasteiger partial charge in [-0.05, 0) is 88.7 Å². The van der Waals surface area contributed by atoms with Crippen molar-refractivity contribution in [2.24, 2.45) is 0 Å². The number of rotatable bonds is 3. The van der Waals surface area contributed by atoms with Gasteiger partial charge in [0.05, 0.1) is 10.6 Å². The monoisotopic (exact) mass is 617 g/mol. The third kappa shape index (κ3) is 4.61. The summed E-state index contributed by atoms with van der Waals surface area (Å²) in [4.78, 5) is 17.4. The van der Waals surface area contributed by atoms with Crippen molar-refractivity contribution in [3.05, 3.63) is 92.0 Å². The summed E-state index contributed by atoms with van der Waals surface area (Å²) in [6.45, 7) is 0. The topological polar surface area (TPSA) is 67.2 Å². The fraction of sp³-hybridized carbons (Fsp3) is 0. The number of benzene rings is 4. The number of anilines is 1. The van der Waals surface area contributed by atoms with Gasteiger partial charge in [-0.25, -0.2) is 4.98 Å². The number of fused-ring (bicyclic) bond motifs is 2. The number of carbonyl (C=O) groups is 1. The minimum atomic E-state index is -0.330. The van der Waals surface area contributed by atoms with Crippen molar-refractivity contribution in [3.8, 4) is 11.5 Å². The Hall–Kier alpha value is -2.72. The molecule has 0 spiro atoms. The van der Waals surface area contributed by atoms with Crippen molar-refractivity contribution < 1.29 is 9.21 Å². The summed E-state index contributed by atoms with van der Waals surface area (Å²) < 4.78 is 6.91. The van der Waals surface area contributed by atoms with Crippen molar-refractivity contribution in [3.63, 3.8) is 0 Å². The highest BCUT2D eigenvalue weighted by molar-refractivity contribution is 14.1. The predicted octanol–water partition coefficient (Wildman–Crippen LogP) is 7.69. The van der Waals surface area contributed by atoms with Crippen LogP contribution in [0.15, 0.2) is 77.2 Å². The van der Waals surface area contributed by atoms with Crippen LogP contribution < -0.4 is 10.6 Å². The lowest BCUT2D eigenvalue weighted by atomic mass is 10.0. The van der Waals surface area contributed by atoms with Crippen LogP contribution >= 0.6 is 58.0 Å². The third-order valence-electron chi connectivity index (χ3n) is 5.14. The van der Waals surface area contributed by atoms with Crippen LogP contribution in [0.25, 0.3) is 33.3 Å². The van der Waals surface area contributed by atoms with E-state index in [0.29, 0.717) is 38.3 Å². The normalized spacial score (nSPS) is 11.0. The van der Waals surface area contributed by atoms with Crippen molar-refractivity contribution in [1.29, 1.82) is 0 Å². The molecule has 5 nitrogen and oxygen atoms in total. The summed E-state index contributed by atoms with van der Waals surface area (Å²) in [5.74, 6) is 0.102. The number of oxazole rings is 1. The fourth-order valence-corrected chi connectivity index (χ4v) is 4.72. The van der Waals surface area contributed by atoms with Crippen LogP contribution in [0.5, 0.6) is 0 Å². The molecule has 0 aliphatic rings. The summed E-state index contributed by atoms with van der Waals surface area (Å²) in [5, 5.41) is 8.61. The maximum absolute atomic E-state index is 12.9. The van der Waals surface area contributed by atoms with Gasteiger partial charge in [-0.15, -0.1) is 0 Å². The van der Waals surface area contributed by atoms with Gasteiger partial charge in [0.2, 0.25) is 5.89 Å². The average Bonchev–Trinajstić information content (AvgIpc) is 3.23. The van der Waals surface area contributed by atoms with Gasteiger partial charge < -0.3 is 9.73 Å². The van der Waals surface area contributed by atoms with Gasteiger partial charge in [-0.2, -0.15) is 0 Å². The fourth-order valence-electron chi connectivity index (χ4n) is 3.58. The number of amides is 1. The lowest BCUT2D eigenvalue weighted by Crippen LogP contribution is -2.34. The van der Waals surface area contributed by atoms with Crippen LogP contribution in [-0.2, 0) is 0 Å². The second kappa shape index (κ2) is 9.50. The smallest absolute Gasteiger partial charge is 0.258 e. The Morgan fingerprint density at radius 2 is 1.74 bits per heavy atom. The van der Waals surface area contributed by atoms with Gasteiger partial charge in [0.1, 0.15) is 5.52 Å². The molecule has 0 unspecified atom stereocenters. The lowest BCUT2D eigenvalue weighted by molar-refractivity contribution is 0.0979. The van der Waals surface area contributed by atoms with Crippen LogP contribution in [0.1, 0.15) is 10.4 Å². The number of thiocarbonyl (C=S) groups is 1. The summed E-state index contributed by atoms with van der Waals surface area (Å²) in [6, 6.07) is 21.8. The van der Waals surface area contributed by atoms with Crippen molar-refractivity contribution in [2.75, 3.05) is 5.32 Å². The van der Waals surface area contributed by atoms with Crippen LogP contribution in [-0.4, -0.2) is 16.0 Å². The second-order valence-electron chi connectivity index (χ2n) is 7.37. The first kappa shape index (κ1) is 23.0. The second-order valence-corrected chi connectivity index (χ2v) is 9.84. The van der Waals surface area contributed by atoms with Crippen molar-refractivity contribution in [1.82, 2.24) is 10.3 Å². The molecule has 9 heteroatoms. The highest BCUT2D eigenvalue weighted by Crippen LogP contribution is 2.32. The van der Waals surface area contributed by atoms with E-state index in [1.807, 2.05) is 36.4 Å². The van der Waals surface area contributed by atoms with Crippen LogP contribution in [0, 0.1) is 3.57 Å². The molecular weight excluding hydrogens is 604 g/mol. The van der Waals surface area contributed by atoms with Gasteiger partial charge in [-0.3, -0.25) is 10.1 Å².